The van der Waals surface area contributed by atoms with Crippen molar-refractivity contribution in [1.82, 2.24) is 5.32 Å². The number of nitrogens with one attached hydrogen (secondary N) is 1. The van der Waals surface area contributed by atoms with Gasteiger partial charge in [0.25, 0.3) is 0 Å². The van der Waals surface area contributed by atoms with Crippen molar-refractivity contribution in [3.63, 3.8) is 0 Å². The van der Waals surface area contributed by atoms with E-state index in [1.54, 1.807) is 12.1 Å². The van der Waals surface area contributed by atoms with Crippen LogP contribution in [0.4, 0.5) is 10.1 Å². The molecule has 0 radical (unpaired) electrons. The quantitative estimate of drug-likeness (QED) is 0.850. The molecule has 2 nitrogen and oxygen atoms in total. The summed E-state index contributed by atoms with van der Waals surface area (Å²) in [4.78, 5) is 2.21. The molecule has 1 aliphatic carbocycles. The van der Waals surface area contributed by atoms with Crippen LogP contribution < -0.4 is 10.2 Å². The second kappa shape index (κ2) is 7.26. The van der Waals surface area contributed by atoms with Gasteiger partial charge in [-0.15, -0.1) is 0 Å². The lowest BCUT2D eigenvalue weighted by Gasteiger charge is -2.44. The average Bonchev–Trinajstić information content (AvgIpc) is 2.46. The third kappa shape index (κ3) is 3.97. The summed E-state index contributed by atoms with van der Waals surface area (Å²) in [6, 6.07) is 7.15. The van der Waals surface area contributed by atoms with E-state index in [2.05, 4.69) is 24.1 Å². The average molecular weight is 292 g/mol. The van der Waals surface area contributed by atoms with Gasteiger partial charge in [0.15, 0.2) is 0 Å². The number of para-hydroxylation sites is 1. The molecule has 1 aromatic carbocycles. The van der Waals surface area contributed by atoms with E-state index in [9.17, 15) is 4.39 Å². The molecule has 2 atom stereocenters. The maximum atomic E-state index is 14.1. The summed E-state index contributed by atoms with van der Waals surface area (Å²) in [5, 5.41) is 3.37. The zero-order valence-corrected chi connectivity index (χ0v) is 13.7. The van der Waals surface area contributed by atoms with Crippen LogP contribution in [0, 0.1) is 17.2 Å². The molecule has 1 aliphatic rings. The van der Waals surface area contributed by atoms with Crippen molar-refractivity contribution in [2.24, 2.45) is 11.3 Å². The third-order valence-corrected chi connectivity index (χ3v) is 4.84. The predicted octanol–water partition coefficient (Wildman–Crippen LogP) is 4.07. The standard InChI is InChI=1S/C18H29FN2/c1-4-21(17-10-6-5-9-16(17)19)14-18(13-20-3)11-7-8-15(2)12-18/h5-6,9-10,15,20H,4,7-8,11-14H2,1-3H3. The lowest BCUT2D eigenvalue weighted by molar-refractivity contribution is 0.150. The molecule has 1 N–H and O–H groups in total. The second-order valence-electron chi connectivity index (χ2n) is 6.70. The molecule has 0 spiro atoms. The van der Waals surface area contributed by atoms with Crippen molar-refractivity contribution >= 4 is 5.69 Å². The minimum atomic E-state index is -0.109. The Balaban J connectivity index is 2.19. The monoisotopic (exact) mass is 292 g/mol. The third-order valence-electron chi connectivity index (χ3n) is 4.84. The van der Waals surface area contributed by atoms with Crippen LogP contribution in [0.2, 0.25) is 0 Å². The molecule has 0 amide bonds. The highest BCUT2D eigenvalue weighted by Crippen LogP contribution is 2.40. The van der Waals surface area contributed by atoms with Crippen molar-refractivity contribution in [2.45, 2.75) is 39.5 Å². The Labute approximate surface area is 128 Å². The van der Waals surface area contributed by atoms with Crippen LogP contribution in [-0.2, 0) is 0 Å². The SMILES string of the molecule is CCN(CC1(CNC)CCCC(C)C1)c1ccccc1F. The molecule has 0 saturated heterocycles. The first-order valence-corrected chi connectivity index (χ1v) is 8.24. The molecule has 118 valence electrons. The summed E-state index contributed by atoms with van der Waals surface area (Å²) in [5.74, 6) is 0.661. The van der Waals surface area contributed by atoms with E-state index in [0.29, 0.717) is 0 Å². The van der Waals surface area contributed by atoms with Gasteiger partial charge in [-0.3, -0.25) is 0 Å². The number of hydrogen-bond acceptors (Lipinski definition) is 2. The van der Waals surface area contributed by atoms with Gasteiger partial charge in [0.2, 0.25) is 0 Å². The molecule has 1 fully saturated rings. The van der Waals surface area contributed by atoms with Crippen LogP contribution >= 0.6 is 0 Å². The van der Waals surface area contributed by atoms with Crippen molar-refractivity contribution in [3.05, 3.63) is 30.1 Å². The zero-order chi connectivity index (χ0) is 15.3. The van der Waals surface area contributed by atoms with E-state index in [-0.39, 0.29) is 11.2 Å². The minimum absolute atomic E-state index is 0.109. The Kier molecular flexibility index (Phi) is 5.63. The number of benzene rings is 1. The molecule has 0 bridgehead atoms. The Morgan fingerprint density at radius 2 is 2.14 bits per heavy atom. The number of rotatable bonds is 6. The Hall–Kier alpha value is -1.09. The van der Waals surface area contributed by atoms with Crippen molar-refractivity contribution in [3.8, 4) is 0 Å². The largest absolute Gasteiger partial charge is 0.369 e. The molecule has 1 saturated carbocycles. The Morgan fingerprint density at radius 3 is 2.76 bits per heavy atom. The van der Waals surface area contributed by atoms with Crippen molar-refractivity contribution < 1.29 is 4.39 Å². The van der Waals surface area contributed by atoms with Crippen LogP contribution in [0.25, 0.3) is 0 Å². The first-order chi connectivity index (χ1) is 10.1. The molecular formula is C18H29FN2. The maximum absolute atomic E-state index is 14.1. The highest BCUT2D eigenvalue weighted by atomic mass is 19.1. The molecule has 1 aromatic rings. The maximum Gasteiger partial charge on any atom is 0.146 e. The molecule has 21 heavy (non-hydrogen) atoms. The molecule has 0 heterocycles. The summed E-state index contributed by atoms with van der Waals surface area (Å²) >= 11 is 0. The van der Waals surface area contributed by atoms with Gasteiger partial charge in [-0.05, 0) is 44.9 Å². The van der Waals surface area contributed by atoms with Gasteiger partial charge < -0.3 is 10.2 Å². The molecule has 0 aliphatic heterocycles. The van der Waals surface area contributed by atoms with Crippen LogP contribution in [0.1, 0.15) is 39.5 Å². The fourth-order valence-electron chi connectivity index (χ4n) is 3.98. The molecule has 0 aromatic heterocycles. The lowest BCUT2D eigenvalue weighted by atomic mass is 9.69. The summed E-state index contributed by atoms with van der Waals surface area (Å²) < 4.78 is 14.1. The van der Waals surface area contributed by atoms with Crippen LogP contribution in [0.3, 0.4) is 0 Å². The van der Waals surface area contributed by atoms with E-state index in [4.69, 9.17) is 0 Å². The fourth-order valence-corrected chi connectivity index (χ4v) is 3.98. The van der Waals surface area contributed by atoms with Crippen LogP contribution in [-0.4, -0.2) is 26.7 Å². The fraction of sp³-hybridized carbons (Fsp3) is 0.667. The van der Waals surface area contributed by atoms with E-state index >= 15 is 0 Å². The molecule has 2 rings (SSSR count). The Morgan fingerprint density at radius 1 is 1.38 bits per heavy atom. The zero-order valence-electron chi connectivity index (χ0n) is 13.7. The van der Waals surface area contributed by atoms with E-state index < -0.39 is 0 Å². The first kappa shape index (κ1) is 16.3. The highest BCUT2D eigenvalue weighted by molar-refractivity contribution is 5.47. The van der Waals surface area contributed by atoms with Gasteiger partial charge >= 0.3 is 0 Å². The van der Waals surface area contributed by atoms with Gasteiger partial charge in [0.1, 0.15) is 5.82 Å². The first-order valence-electron chi connectivity index (χ1n) is 8.24. The normalized spacial score (nSPS) is 25.8. The van der Waals surface area contributed by atoms with Gasteiger partial charge in [-0.25, -0.2) is 4.39 Å². The molecule has 2 unspecified atom stereocenters. The van der Waals surface area contributed by atoms with E-state index in [0.717, 1.165) is 31.2 Å². The van der Waals surface area contributed by atoms with Crippen molar-refractivity contribution in [2.75, 3.05) is 31.6 Å². The Bertz CT molecular complexity index is 445. The van der Waals surface area contributed by atoms with Gasteiger partial charge in [-0.1, -0.05) is 31.9 Å². The highest BCUT2D eigenvalue weighted by Gasteiger charge is 2.36. The summed E-state index contributed by atoms with van der Waals surface area (Å²) in [5.41, 5.74) is 1.01. The number of halogens is 1. The summed E-state index contributed by atoms with van der Waals surface area (Å²) in [6.07, 6.45) is 5.09. The number of nitrogens with zero attached hydrogens (tertiary/aromatic N) is 1. The van der Waals surface area contributed by atoms with E-state index in [1.807, 2.05) is 19.2 Å². The molecular weight excluding hydrogens is 263 g/mol. The predicted molar refractivity (Wildman–Crippen MR) is 88.3 cm³/mol. The minimum Gasteiger partial charge on any atom is -0.369 e. The van der Waals surface area contributed by atoms with Crippen molar-refractivity contribution in [1.29, 1.82) is 0 Å². The number of anilines is 1. The summed E-state index contributed by atoms with van der Waals surface area (Å²) in [7, 11) is 2.03. The van der Waals surface area contributed by atoms with Crippen LogP contribution in [0.15, 0.2) is 24.3 Å². The lowest BCUT2D eigenvalue weighted by Crippen LogP contribution is -2.46. The van der Waals surface area contributed by atoms with E-state index in [1.165, 1.54) is 25.7 Å². The molecule has 3 heteroatoms. The topological polar surface area (TPSA) is 15.3 Å². The van der Waals surface area contributed by atoms with Gasteiger partial charge in [-0.2, -0.15) is 0 Å². The summed E-state index contributed by atoms with van der Waals surface area (Å²) in [6.45, 7) is 7.27. The van der Waals surface area contributed by atoms with Gasteiger partial charge in [0.05, 0.1) is 5.69 Å². The second-order valence-corrected chi connectivity index (χ2v) is 6.70. The smallest absolute Gasteiger partial charge is 0.146 e. The number of hydrogen-bond donors (Lipinski definition) is 1. The van der Waals surface area contributed by atoms with Crippen LogP contribution in [0.5, 0.6) is 0 Å². The van der Waals surface area contributed by atoms with Gasteiger partial charge in [0, 0.05) is 25.0 Å².